The molecule has 1 N–H and O–H groups in total. The lowest BCUT2D eigenvalue weighted by atomic mass is 10.1. The largest absolute Gasteiger partial charge is 0.326 e. The summed E-state index contributed by atoms with van der Waals surface area (Å²) in [6.45, 7) is 2.11. The Labute approximate surface area is 169 Å². The molecule has 0 unspecified atom stereocenters. The second-order valence-electron chi connectivity index (χ2n) is 7.17. The number of nitrogens with one attached hydrogen (secondary N) is 1. The van der Waals surface area contributed by atoms with E-state index in [1.54, 1.807) is 6.33 Å². The first-order valence-electron chi connectivity index (χ1n) is 9.33. The van der Waals surface area contributed by atoms with Crippen LogP contribution in [0, 0.1) is 4.77 Å². The highest BCUT2D eigenvalue weighted by Crippen LogP contribution is 2.34. The van der Waals surface area contributed by atoms with Crippen LogP contribution in [0.4, 0.5) is 5.69 Å². The Bertz CT molecular complexity index is 1070. The molecule has 4 rings (SSSR count). The minimum atomic E-state index is -0.102. The van der Waals surface area contributed by atoms with Gasteiger partial charge in [-0.3, -0.25) is 14.3 Å². The quantitative estimate of drug-likeness (QED) is 0.667. The third-order valence-corrected chi connectivity index (χ3v) is 5.58. The van der Waals surface area contributed by atoms with E-state index in [1.807, 2.05) is 33.5 Å². The van der Waals surface area contributed by atoms with Gasteiger partial charge >= 0.3 is 0 Å². The second-order valence-corrected chi connectivity index (χ2v) is 7.53. The fourth-order valence-corrected chi connectivity index (χ4v) is 4.11. The Balaban J connectivity index is 1.55. The van der Waals surface area contributed by atoms with Gasteiger partial charge in [-0.25, -0.2) is 4.68 Å². The number of nitrogens with zero attached hydrogens (tertiary/aromatic N) is 4. The number of hydrogen-bond donors (Lipinski definition) is 1. The smallest absolute Gasteiger partial charge is 0.221 e. The Morgan fingerprint density at radius 2 is 2.11 bits per heavy atom. The molecule has 1 atom stereocenters. The summed E-state index contributed by atoms with van der Waals surface area (Å²) in [7, 11) is 2.12. The number of hydrogen-bond acceptors (Lipinski definition) is 4. The average molecular weight is 394 g/mol. The number of anilines is 1. The molecule has 0 bridgehead atoms. The molecule has 2 aromatic carbocycles. The number of rotatable bonds is 5. The lowest BCUT2D eigenvalue weighted by Crippen LogP contribution is -2.26. The zero-order valence-corrected chi connectivity index (χ0v) is 16.8. The summed E-state index contributed by atoms with van der Waals surface area (Å²) in [5.74, 6) is -0.102. The number of aryl methyl sites for hydroxylation is 1. The minimum Gasteiger partial charge on any atom is -0.326 e. The van der Waals surface area contributed by atoms with Crippen LogP contribution in [0.5, 0.6) is 0 Å². The molecule has 0 fully saturated rings. The molecular formula is C21H23N5OS. The lowest BCUT2D eigenvalue weighted by Gasteiger charge is -2.24. The van der Waals surface area contributed by atoms with E-state index >= 15 is 0 Å². The number of carbonyl (C=O) groups excluding carboxylic acids is 1. The average Bonchev–Trinajstić information content (AvgIpc) is 3.25. The maximum atomic E-state index is 11.3. The van der Waals surface area contributed by atoms with Crippen molar-refractivity contribution in [2.24, 2.45) is 0 Å². The van der Waals surface area contributed by atoms with Gasteiger partial charge in [-0.15, -0.1) is 0 Å². The molecule has 0 saturated heterocycles. The zero-order valence-electron chi connectivity index (χ0n) is 16.0. The van der Waals surface area contributed by atoms with Gasteiger partial charge in [0, 0.05) is 18.7 Å². The van der Waals surface area contributed by atoms with E-state index in [-0.39, 0.29) is 5.91 Å². The van der Waals surface area contributed by atoms with Crippen molar-refractivity contribution in [3.63, 3.8) is 0 Å². The van der Waals surface area contributed by atoms with E-state index in [2.05, 4.69) is 46.6 Å². The normalized spacial score (nSPS) is 15.6. The van der Waals surface area contributed by atoms with Gasteiger partial charge in [0.05, 0.1) is 12.4 Å². The SMILES string of the molecule is CC(=O)Nc1cccc(-n2cnn(CN(C)[C@H]3CCc4ccccc43)c2=S)c1. The molecule has 3 aromatic rings. The molecule has 1 heterocycles. The summed E-state index contributed by atoms with van der Waals surface area (Å²) >= 11 is 5.66. The number of benzene rings is 2. The summed E-state index contributed by atoms with van der Waals surface area (Å²) in [4.78, 5) is 13.6. The van der Waals surface area contributed by atoms with Gasteiger partial charge in [-0.1, -0.05) is 30.3 Å². The fourth-order valence-electron chi connectivity index (χ4n) is 3.85. The fraction of sp³-hybridized carbons (Fsp3) is 0.286. The Morgan fingerprint density at radius 1 is 1.29 bits per heavy atom. The van der Waals surface area contributed by atoms with Crippen molar-refractivity contribution in [1.82, 2.24) is 19.2 Å². The Hall–Kier alpha value is -2.77. The van der Waals surface area contributed by atoms with Crippen molar-refractivity contribution in [1.29, 1.82) is 0 Å². The number of fused-ring (bicyclic) bond motifs is 1. The van der Waals surface area contributed by atoms with Crippen LogP contribution in [0.25, 0.3) is 5.69 Å². The number of aromatic nitrogens is 3. The van der Waals surface area contributed by atoms with Gasteiger partial charge in [0.1, 0.15) is 6.33 Å². The highest BCUT2D eigenvalue weighted by atomic mass is 32.1. The highest BCUT2D eigenvalue weighted by Gasteiger charge is 2.25. The molecule has 7 heteroatoms. The van der Waals surface area contributed by atoms with Gasteiger partial charge in [0.2, 0.25) is 10.7 Å². The zero-order chi connectivity index (χ0) is 19.7. The van der Waals surface area contributed by atoms with Crippen molar-refractivity contribution in [2.45, 2.75) is 32.5 Å². The first-order chi connectivity index (χ1) is 13.5. The minimum absolute atomic E-state index is 0.102. The molecule has 0 radical (unpaired) electrons. The van der Waals surface area contributed by atoms with Crippen LogP contribution in [0.2, 0.25) is 0 Å². The third-order valence-electron chi connectivity index (χ3n) is 5.17. The van der Waals surface area contributed by atoms with Crippen LogP contribution in [-0.4, -0.2) is 32.2 Å². The van der Waals surface area contributed by atoms with Crippen molar-refractivity contribution in [3.8, 4) is 5.69 Å². The van der Waals surface area contributed by atoms with Crippen LogP contribution in [-0.2, 0) is 17.9 Å². The maximum Gasteiger partial charge on any atom is 0.221 e. The van der Waals surface area contributed by atoms with E-state index in [0.717, 1.165) is 24.2 Å². The summed E-state index contributed by atoms with van der Waals surface area (Å²) in [5, 5.41) is 7.29. The standard InChI is InChI=1S/C21H23N5OS/c1-15(27)23-17-7-5-8-18(12-17)25-13-22-26(21(25)28)14-24(2)20-11-10-16-6-3-4-9-19(16)20/h3-9,12-13,20H,10-11,14H2,1-2H3,(H,23,27)/t20-/m0/s1. The molecule has 1 amide bonds. The number of carbonyl (C=O) groups is 1. The van der Waals surface area contributed by atoms with Crippen molar-refractivity contribution < 1.29 is 4.79 Å². The summed E-state index contributed by atoms with van der Waals surface area (Å²) < 4.78 is 4.32. The molecule has 28 heavy (non-hydrogen) atoms. The predicted octanol–water partition coefficient (Wildman–Crippen LogP) is 3.94. The molecular weight excluding hydrogens is 370 g/mol. The van der Waals surface area contributed by atoms with Gasteiger partial charge in [-0.2, -0.15) is 5.10 Å². The second kappa shape index (κ2) is 7.69. The summed E-state index contributed by atoms with van der Waals surface area (Å²) in [6.07, 6.45) is 3.95. The molecule has 144 valence electrons. The Kier molecular flexibility index (Phi) is 5.11. The molecule has 6 nitrogen and oxygen atoms in total. The van der Waals surface area contributed by atoms with Crippen molar-refractivity contribution in [2.75, 3.05) is 12.4 Å². The predicted molar refractivity (Wildman–Crippen MR) is 112 cm³/mol. The van der Waals surface area contributed by atoms with E-state index in [0.29, 0.717) is 17.5 Å². The van der Waals surface area contributed by atoms with Crippen LogP contribution in [0.1, 0.15) is 30.5 Å². The molecule has 0 saturated carbocycles. The van der Waals surface area contributed by atoms with Crippen LogP contribution >= 0.6 is 12.2 Å². The third kappa shape index (κ3) is 3.63. The van der Waals surface area contributed by atoms with Gasteiger partial charge in [-0.05, 0) is 61.4 Å². The lowest BCUT2D eigenvalue weighted by molar-refractivity contribution is -0.114. The van der Waals surface area contributed by atoms with Gasteiger partial charge in [0.25, 0.3) is 0 Å². The van der Waals surface area contributed by atoms with Gasteiger partial charge < -0.3 is 5.32 Å². The van der Waals surface area contributed by atoms with Crippen LogP contribution in [0.3, 0.4) is 0 Å². The number of amides is 1. The first-order valence-corrected chi connectivity index (χ1v) is 9.74. The Morgan fingerprint density at radius 3 is 2.93 bits per heavy atom. The van der Waals surface area contributed by atoms with Gasteiger partial charge in [0.15, 0.2) is 0 Å². The van der Waals surface area contributed by atoms with Crippen LogP contribution < -0.4 is 5.32 Å². The molecule has 1 aliphatic carbocycles. The van der Waals surface area contributed by atoms with E-state index in [9.17, 15) is 4.79 Å². The molecule has 1 aliphatic rings. The van der Waals surface area contributed by atoms with Crippen molar-refractivity contribution >= 4 is 23.8 Å². The molecule has 0 spiro atoms. The van der Waals surface area contributed by atoms with E-state index in [4.69, 9.17) is 12.2 Å². The van der Waals surface area contributed by atoms with Crippen molar-refractivity contribution in [3.05, 3.63) is 70.8 Å². The topological polar surface area (TPSA) is 55.1 Å². The summed E-state index contributed by atoms with van der Waals surface area (Å²) in [5.41, 5.74) is 4.44. The molecule has 0 aliphatic heterocycles. The summed E-state index contributed by atoms with van der Waals surface area (Å²) in [6, 6.07) is 16.6. The first kappa shape index (κ1) is 18.6. The van der Waals surface area contributed by atoms with E-state index in [1.165, 1.54) is 18.1 Å². The monoisotopic (exact) mass is 393 g/mol. The molecule has 1 aromatic heterocycles. The van der Waals surface area contributed by atoms with Crippen LogP contribution in [0.15, 0.2) is 54.9 Å². The maximum absolute atomic E-state index is 11.3. The highest BCUT2D eigenvalue weighted by molar-refractivity contribution is 7.71. The van der Waals surface area contributed by atoms with E-state index < -0.39 is 0 Å².